The van der Waals surface area contributed by atoms with Gasteiger partial charge in [-0.1, -0.05) is 18.9 Å². The fourth-order valence-corrected chi connectivity index (χ4v) is 3.64. The smallest absolute Gasteiger partial charge is 0.151 e. The van der Waals surface area contributed by atoms with Crippen LogP contribution in [0.2, 0.25) is 0 Å². The van der Waals surface area contributed by atoms with Gasteiger partial charge in [0.2, 0.25) is 0 Å². The molecule has 2 atom stereocenters. The van der Waals surface area contributed by atoms with Crippen molar-refractivity contribution in [2.45, 2.75) is 37.9 Å². The fourth-order valence-electron chi connectivity index (χ4n) is 3.64. The molecule has 3 aromatic rings. The van der Waals surface area contributed by atoms with Crippen molar-refractivity contribution in [1.29, 1.82) is 0 Å². The molecule has 0 amide bonds. The van der Waals surface area contributed by atoms with Crippen LogP contribution in [-0.4, -0.2) is 39.5 Å². The van der Waals surface area contributed by atoms with Gasteiger partial charge in [-0.25, -0.2) is 4.39 Å². The topological polar surface area (TPSA) is 62.1 Å². The summed E-state index contributed by atoms with van der Waals surface area (Å²) >= 11 is 0. The van der Waals surface area contributed by atoms with Crippen molar-refractivity contribution < 1.29 is 9.50 Å². The van der Waals surface area contributed by atoms with Gasteiger partial charge in [0, 0.05) is 24.2 Å². The summed E-state index contributed by atoms with van der Waals surface area (Å²) < 4.78 is 14.2. The predicted octanol–water partition coefficient (Wildman–Crippen LogP) is 4.11. The number of fused-ring (bicyclic) bond motifs is 1. The number of aromatic hydroxyl groups is 1. The van der Waals surface area contributed by atoms with Gasteiger partial charge in [0.15, 0.2) is 5.82 Å². The number of alkyl halides is 1. The first-order valence-corrected chi connectivity index (χ1v) is 8.92. The molecule has 0 aliphatic heterocycles. The van der Waals surface area contributed by atoms with Crippen molar-refractivity contribution in [3.8, 4) is 17.0 Å². The number of pyridine rings is 1. The summed E-state index contributed by atoms with van der Waals surface area (Å²) in [5.41, 5.74) is 1.93. The predicted molar refractivity (Wildman–Crippen MR) is 100.0 cm³/mol. The highest BCUT2D eigenvalue weighted by atomic mass is 19.1. The summed E-state index contributed by atoms with van der Waals surface area (Å²) in [6.07, 6.45) is 4.32. The van der Waals surface area contributed by atoms with Crippen LogP contribution in [0.5, 0.6) is 5.75 Å². The van der Waals surface area contributed by atoms with E-state index in [1.165, 1.54) is 0 Å². The first-order chi connectivity index (χ1) is 12.6. The average molecular weight is 352 g/mol. The van der Waals surface area contributed by atoms with E-state index in [0.717, 1.165) is 30.2 Å². The van der Waals surface area contributed by atoms with Gasteiger partial charge >= 0.3 is 0 Å². The van der Waals surface area contributed by atoms with Gasteiger partial charge in [0.25, 0.3) is 0 Å². The van der Waals surface area contributed by atoms with Crippen LogP contribution in [0.25, 0.3) is 22.2 Å². The maximum absolute atomic E-state index is 14.2. The molecule has 4 rings (SSSR count). The largest absolute Gasteiger partial charge is 0.507 e. The van der Waals surface area contributed by atoms with Crippen molar-refractivity contribution in [2.24, 2.45) is 0 Å². The Labute approximate surface area is 151 Å². The molecule has 0 spiro atoms. The Morgan fingerprint density at radius 2 is 1.96 bits per heavy atom. The molecule has 0 saturated heterocycles. The lowest BCUT2D eigenvalue weighted by atomic mass is 9.92. The second-order valence-corrected chi connectivity index (χ2v) is 6.82. The summed E-state index contributed by atoms with van der Waals surface area (Å²) in [6.45, 7) is 0. The summed E-state index contributed by atoms with van der Waals surface area (Å²) in [5, 5.41) is 19.7. The monoisotopic (exact) mass is 352 g/mol. The lowest BCUT2D eigenvalue weighted by Gasteiger charge is -2.34. The van der Waals surface area contributed by atoms with Crippen molar-refractivity contribution in [3.63, 3.8) is 0 Å². The third-order valence-electron chi connectivity index (χ3n) is 5.15. The minimum Gasteiger partial charge on any atom is -0.507 e. The molecule has 2 heterocycles. The summed E-state index contributed by atoms with van der Waals surface area (Å²) in [7, 11) is 1.86. The van der Waals surface area contributed by atoms with Gasteiger partial charge in [-0.2, -0.15) is 0 Å². The quantitative estimate of drug-likeness (QED) is 0.768. The van der Waals surface area contributed by atoms with Crippen LogP contribution in [0.4, 0.5) is 10.2 Å². The van der Waals surface area contributed by atoms with E-state index in [9.17, 15) is 9.50 Å². The van der Waals surface area contributed by atoms with Crippen molar-refractivity contribution >= 4 is 16.7 Å². The zero-order valence-corrected chi connectivity index (χ0v) is 14.6. The molecule has 0 unspecified atom stereocenters. The van der Waals surface area contributed by atoms with Crippen molar-refractivity contribution in [1.82, 2.24) is 15.2 Å². The van der Waals surface area contributed by atoms with Crippen LogP contribution in [0, 0.1) is 0 Å². The number of aromatic nitrogens is 3. The van der Waals surface area contributed by atoms with Gasteiger partial charge in [-0.3, -0.25) is 4.98 Å². The Morgan fingerprint density at radius 1 is 1.12 bits per heavy atom. The number of anilines is 1. The molecule has 1 fully saturated rings. The van der Waals surface area contributed by atoms with Crippen molar-refractivity contribution in [3.05, 3.63) is 42.6 Å². The second kappa shape index (κ2) is 6.86. The summed E-state index contributed by atoms with van der Waals surface area (Å²) in [4.78, 5) is 6.19. The zero-order chi connectivity index (χ0) is 18.1. The molecule has 0 bridgehead atoms. The van der Waals surface area contributed by atoms with Crippen LogP contribution in [0.1, 0.15) is 25.7 Å². The molecule has 2 aromatic heterocycles. The number of hydrogen-bond acceptors (Lipinski definition) is 5. The van der Waals surface area contributed by atoms with Crippen LogP contribution in [-0.2, 0) is 0 Å². The van der Waals surface area contributed by atoms with Crippen LogP contribution in [0.3, 0.4) is 0 Å². The lowest BCUT2D eigenvalue weighted by molar-refractivity contribution is 0.213. The number of phenols is 1. The minimum atomic E-state index is -0.828. The van der Waals surface area contributed by atoms with Gasteiger partial charge in [0.1, 0.15) is 11.9 Å². The molecule has 1 aromatic carbocycles. The first-order valence-electron chi connectivity index (χ1n) is 8.92. The van der Waals surface area contributed by atoms with Gasteiger partial charge in [0.05, 0.1) is 17.3 Å². The molecule has 1 saturated carbocycles. The van der Waals surface area contributed by atoms with E-state index in [1.807, 2.05) is 30.1 Å². The SMILES string of the molecule is CN(c1ccc(-c2cc3ncccc3cc2O)nn1)[C@@H]1CCCC[C@@H]1F. The third-order valence-corrected chi connectivity index (χ3v) is 5.15. The molecule has 1 N–H and O–H groups in total. The van der Waals surface area contributed by atoms with Gasteiger partial charge in [-0.05, 0) is 43.2 Å². The highest BCUT2D eigenvalue weighted by Crippen LogP contribution is 2.32. The highest BCUT2D eigenvalue weighted by Gasteiger charge is 2.29. The average Bonchev–Trinajstić information content (AvgIpc) is 2.67. The minimum absolute atomic E-state index is 0.136. The Hall–Kier alpha value is -2.76. The Kier molecular flexibility index (Phi) is 4.41. The first kappa shape index (κ1) is 16.7. The van der Waals surface area contributed by atoms with Crippen molar-refractivity contribution in [2.75, 3.05) is 11.9 Å². The lowest BCUT2D eigenvalue weighted by Crippen LogP contribution is -2.41. The van der Waals surface area contributed by atoms with E-state index in [2.05, 4.69) is 15.2 Å². The second-order valence-electron chi connectivity index (χ2n) is 6.82. The van der Waals surface area contributed by atoms with Gasteiger partial charge in [-0.15, -0.1) is 10.2 Å². The molecule has 0 radical (unpaired) electrons. The molecule has 5 nitrogen and oxygen atoms in total. The normalized spacial score (nSPS) is 20.2. The van der Waals surface area contributed by atoms with Crippen LogP contribution in [0.15, 0.2) is 42.6 Å². The van der Waals surface area contributed by atoms with E-state index in [4.69, 9.17) is 0 Å². The summed E-state index contributed by atoms with van der Waals surface area (Å²) in [6, 6.07) is 10.7. The molecule has 6 heteroatoms. The van der Waals surface area contributed by atoms with E-state index in [-0.39, 0.29) is 11.8 Å². The molecule has 1 aliphatic rings. The van der Waals surface area contributed by atoms with E-state index >= 15 is 0 Å². The summed E-state index contributed by atoms with van der Waals surface area (Å²) in [5.74, 6) is 0.777. The van der Waals surface area contributed by atoms with Gasteiger partial charge < -0.3 is 10.0 Å². The number of rotatable bonds is 3. The number of nitrogens with zero attached hydrogens (tertiary/aromatic N) is 4. The number of benzene rings is 1. The Morgan fingerprint density at radius 3 is 2.73 bits per heavy atom. The van der Waals surface area contributed by atoms with Crippen LogP contribution >= 0.6 is 0 Å². The van der Waals surface area contributed by atoms with E-state index < -0.39 is 6.17 Å². The molecule has 134 valence electrons. The van der Waals surface area contributed by atoms with E-state index in [1.54, 1.807) is 24.4 Å². The van der Waals surface area contributed by atoms with E-state index in [0.29, 0.717) is 23.5 Å². The number of hydrogen-bond donors (Lipinski definition) is 1. The Balaban J connectivity index is 1.62. The highest BCUT2D eigenvalue weighted by molar-refractivity contribution is 5.87. The maximum atomic E-state index is 14.2. The fraction of sp³-hybridized carbons (Fsp3) is 0.350. The van der Waals surface area contributed by atoms with Crippen LogP contribution < -0.4 is 4.90 Å². The molecular formula is C20H21FN4O. The maximum Gasteiger partial charge on any atom is 0.151 e. The Bertz CT molecular complexity index is 915. The standard InChI is InChI=1S/C20H21FN4O/c1-25(18-7-3-2-6-15(18)21)20-9-8-16(23-24-20)14-12-17-13(11-19(14)26)5-4-10-22-17/h4-5,8-12,15,18,26H,2-3,6-7H2,1H3/t15-,18+/m0/s1. The number of halogens is 1. The molecule has 26 heavy (non-hydrogen) atoms. The third kappa shape index (κ3) is 3.07. The number of phenolic OH excluding ortho intramolecular Hbond substituents is 1. The molecular weight excluding hydrogens is 331 g/mol. The zero-order valence-electron chi connectivity index (χ0n) is 14.6. The molecule has 1 aliphatic carbocycles.